The van der Waals surface area contributed by atoms with Gasteiger partial charge in [0.2, 0.25) is 0 Å². The van der Waals surface area contributed by atoms with Gasteiger partial charge < -0.3 is 15.2 Å². The summed E-state index contributed by atoms with van der Waals surface area (Å²) in [5, 5.41) is 9.74. The van der Waals surface area contributed by atoms with Gasteiger partial charge in [-0.15, -0.1) is 0 Å². The van der Waals surface area contributed by atoms with Crippen LogP contribution in [0.4, 0.5) is 4.79 Å². The van der Waals surface area contributed by atoms with Crippen LogP contribution in [-0.2, 0) is 19.6 Å². The lowest BCUT2D eigenvalue weighted by molar-refractivity contribution is 0.235. The number of aromatic nitrogens is 5. The Kier molecular flexibility index (Phi) is 5.40. The van der Waals surface area contributed by atoms with Gasteiger partial charge in [0.05, 0.1) is 13.1 Å². The molecule has 1 aromatic carbocycles. The second kappa shape index (κ2) is 8.09. The number of rotatable bonds is 7. The van der Waals surface area contributed by atoms with E-state index < -0.39 is 0 Å². The van der Waals surface area contributed by atoms with Crippen molar-refractivity contribution in [1.82, 2.24) is 34.9 Å². The summed E-state index contributed by atoms with van der Waals surface area (Å²) < 4.78 is 3.70. The fraction of sp³-hybridized carbons (Fsp3) is 0.294. The summed E-state index contributed by atoms with van der Waals surface area (Å²) in [6.07, 6.45) is 6.75. The Labute approximate surface area is 145 Å². The number of hydrogen-bond acceptors (Lipinski definition) is 4. The van der Waals surface area contributed by atoms with E-state index in [0.717, 1.165) is 12.4 Å². The van der Waals surface area contributed by atoms with Gasteiger partial charge in [-0.2, -0.15) is 5.10 Å². The topological polar surface area (TPSA) is 89.7 Å². The predicted octanol–water partition coefficient (Wildman–Crippen LogP) is 1.41. The summed E-state index contributed by atoms with van der Waals surface area (Å²) in [5.41, 5.74) is 1.19. The molecule has 8 heteroatoms. The second-order valence-corrected chi connectivity index (χ2v) is 5.80. The number of carbonyl (C=O) groups excluding carboxylic acids is 1. The molecular formula is C17H21N7O. The molecule has 0 unspecified atom stereocenters. The SMILES string of the molecule is C[C@H](Cn1cncn1)NC(=O)NCc1nccn1Cc1ccccc1. The van der Waals surface area contributed by atoms with E-state index >= 15 is 0 Å². The number of amides is 2. The highest BCUT2D eigenvalue weighted by Crippen LogP contribution is 2.05. The average molecular weight is 339 g/mol. The molecule has 0 saturated heterocycles. The molecule has 0 spiro atoms. The fourth-order valence-electron chi connectivity index (χ4n) is 2.52. The molecule has 3 aromatic rings. The highest BCUT2D eigenvalue weighted by Gasteiger charge is 2.10. The Morgan fingerprint density at radius 3 is 2.88 bits per heavy atom. The van der Waals surface area contributed by atoms with Crippen molar-refractivity contribution in [2.45, 2.75) is 32.6 Å². The molecule has 2 aromatic heterocycles. The number of hydrogen-bond donors (Lipinski definition) is 2. The highest BCUT2D eigenvalue weighted by molar-refractivity contribution is 5.74. The first-order chi connectivity index (χ1) is 12.2. The van der Waals surface area contributed by atoms with E-state index in [1.165, 1.54) is 11.9 Å². The molecule has 2 N–H and O–H groups in total. The van der Waals surface area contributed by atoms with Crippen molar-refractivity contribution >= 4 is 6.03 Å². The van der Waals surface area contributed by atoms with E-state index in [1.807, 2.05) is 35.9 Å². The quantitative estimate of drug-likeness (QED) is 0.681. The molecule has 0 bridgehead atoms. The molecule has 25 heavy (non-hydrogen) atoms. The number of imidazole rings is 1. The highest BCUT2D eigenvalue weighted by atomic mass is 16.2. The first kappa shape index (κ1) is 16.7. The van der Waals surface area contributed by atoms with Crippen molar-refractivity contribution in [2.75, 3.05) is 0 Å². The Morgan fingerprint density at radius 2 is 2.12 bits per heavy atom. The lowest BCUT2D eigenvalue weighted by Crippen LogP contribution is -2.42. The molecule has 0 saturated carbocycles. The van der Waals surface area contributed by atoms with Crippen LogP contribution < -0.4 is 10.6 Å². The van der Waals surface area contributed by atoms with Gasteiger partial charge in [0, 0.05) is 25.0 Å². The third kappa shape index (κ3) is 4.90. The van der Waals surface area contributed by atoms with E-state index in [-0.39, 0.29) is 12.1 Å². The summed E-state index contributed by atoms with van der Waals surface area (Å²) in [4.78, 5) is 20.2. The molecule has 1 atom stereocenters. The molecule has 0 aliphatic rings. The van der Waals surface area contributed by atoms with Crippen molar-refractivity contribution in [2.24, 2.45) is 0 Å². The fourth-order valence-corrected chi connectivity index (χ4v) is 2.52. The first-order valence-corrected chi connectivity index (χ1v) is 8.11. The van der Waals surface area contributed by atoms with Crippen LogP contribution in [-0.4, -0.2) is 36.4 Å². The summed E-state index contributed by atoms with van der Waals surface area (Å²) >= 11 is 0. The standard InChI is InChI=1S/C17H21N7O/c1-14(10-24-13-18-12-21-24)22-17(25)20-9-16-19-7-8-23(16)11-15-5-3-2-4-6-15/h2-8,12-14H,9-11H2,1H3,(H2,20,22,25)/t14-/m1/s1. The number of nitrogens with zero attached hydrogens (tertiary/aromatic N) is 5. The van der Waals surface area contributed by atoms with Crippen LogP contribution >= 0.6 is 0 Å². The maximum Gasteiger partial charge on any atom is 0.315 e. The smallest absolute Gasteiger partial charge is 0.315 e. The largest absolute Gasteiger partial charge is 0.334 e. The van der Waals surface area contributed by atoms with Crippen molar-refractivity contribution in [3.63, 3.8) is 0 Å². The molecule has 8 nitrogen and oxygen atoms in total. The van der Waals surface area contributed by atoms with Crippen LogP contribution in [0.2, 0.25) is 0 Å². The number of nitrogens with one attached hydrogen (secondary N) is 2. The zero-order valence-electron chi connectivity index (χ0n) is 14.0. The van der Waals surface area contributed by atoms with Crippen LogP contribution in [0, 0.1) is 0 Å². The molecule has 3 rings (SSSR count). The molecular weight excluding hydrogens is 318 g/mol. The summed E-state index contributed by atoms with van der Waals surface area (Å²) in [7, 11) is 0. The third-order valence-electron chi connectivity index (χ3n) is 3.71. The van der Waals surface area contributed by atoms with E-state index in [0.29, 0.717) is 13.1 Å². The van der Waals surface area contributed by atoms with Crippen LogP contribution in [0.5, 0.6) is 0 Å². The lowest BCUT2D eigenvalue weighted by atomic mass is 10.2. The minimum absolute atomic E-state index is 0.0641. The molecule has 0 aliphatic heterocycles. The van der Waals surface area contributed by atoms with Gasteiger partial charge in [-0.3, -0.25) is 4.68 Å². The van der Waals surface area contributed by atoms with E-state index in [1.54, 1.807) is 17.2 Å². The number of carbonyl (C=O) groups is 1. The van der Waals surface area contributed by atoms with Gasteiger partial charge >= 0.3 is 6.03 Å². The zero-order chi connectivity index (χ0) is 17.5. The molecule has 2 heterocycles. The van der Waals surface area contributed by atoms with Gasteiger partial charge in [-0.1, -0.05) is 30.3 Å². The van der Waals surface area contributed by atoms with Crippen molar-refractivity contribution in [1.29, 1.82) is 0 Å². The number of benzene rings is 1. The Bertz CT molecular complexity index is 782. The van der Waals surface area contributed by atoms with E-state index in [4.69, 9.17) is 0 Å². The molecule has 130 valence electrons. The maximum absolute atomic E-state index is 12.0. The minimum Gasteiger partial charge on any atom is -0.334 e. The van der Waals surface area contributed by atoms with Crippen LogP contribution in [0.15, 0.2) is 55.4 Å². The molecule has 0 fully saturated rings. The average Bonchev–Trinajstić information content (AvgIpc) is 3.26. The monoisotopic (exact) mass is 339 g/mol. The van der Waals surface area contributed by atoms with Crippen molar-refractivity contribution in [3.8, 4) is 0 Å². The van der Waals surface area contributed by atoms with Crippen LogP contribution in [0.25, 0.3) is 0 Å². The maximum atomic E-state index is 12.0. The summed E-state index contributed by atoms with van der Waals surface area (Å²) in [6.45, 7) is 3.57. The van der Waals surface area contributed by atoms with Gasteiger partial charge in [0.15, 0.2) is 0 Å². The van der Waals surface area contributed by atoms with Gasteiger partial charge in [0.25, 0.3) is 0 Å². The number of urea groups is 1. The van der Waals surface area contributed by atoms with Gasteiger partial charge in [-0.25, -0.2) is 14.8 Å². The van der Waals surface area contributed by atoms with Gasteiger partial charge in [-0.05, 0) is 12.5 Å². The van der Waals surface area contributed by atoms with E-state index in [2.05, 4.69) is 37.8 Å². The van der Waals surface area contributed by atoms with Crippen LogP contribution in [0.1, 0.15) is 18.3 Å². The minimum atomic E-state index is -0.234. The molecule has 2 amide bonds. The van der Waals surface area contributed by atoms with Crippen molar-refractivity contribution in [3.05, 3.63) is 66.8 Å². The Hall–Kier alpha value is -3.16. The lowest BCUT2D eigenvalue weighted by Gasteiger charge is -2.15. The van der Waals surface area contributed by atoms with E-state index in [9.17, 15) is 4.79 Å². The van der Waals surface area contributed by atoms with Crippen LogP contribution in [0.3, 0.4) is 0 Å². The van der Waals surface area contributed by atoms with Crippen molar-refractivity contribution < 1.29 is 4.79 Å². The summed E-state index contributed by atoms with van der Waals surface area (Å²) in [6, 6.07) is 9.84. The Balaban J connectivity index is 1.48. The molecule has 0 radical (unpaired) electrons. The summed E-state index contributed by atoms with van der Waals surface area (Å²) in [5.74, 6) is 0.808. The third-order valence-corrected chi connectivity index (χ3v) is 3.71. The predicted molar refractivity (Wildman–Crippen MR) is 92.6 cm³/mol. The first-order valence-electron chi connectivity index (χ1n) is 8.11. The Morgan fingerprint density at radius 1 is 1.28 bits per heavy atom. The second-order valence-electron chi connectivity index (χ2n) is 5.80. The zero-order valence-corrected chi connectivity index (χ0v) is 14.0. The normalized spacial score (nSPS) is 11.9. The molecule has 0 aliphatic carbocycles. The van der Waals surface area contributed by atoms with Gasteiger partial charge in [0.1, 0.15) is 18.5 Å².